The number of nitrogen functional groups attached to an aromatic ring is 1. The molecule has 2 aromatic heterocycles. The Morgan fingerprint density at radius 3 is 2.62 bits per heavy atom. The van der Waals surface area contributed by atoms with E-state index in [9.17, 15) is 44.0 Å². The van der Waals surface area contributed by atoms with Crippen molar-refractivity contribution in [3.05, 3.63) is 112 Å². The minimum absolute atomic E-state index is 0.0664. The quantitative estimate of drug-likeness (QED) is 0.0376. The molecule has 0 spiro atoms. The zero-order valence-electron chi connectivity index (χ0n) is 29.8. The Hall–Kier alpha value is -6.37. The van der Waals surface area contributed by atoms with Gasteiger partial charge in [-0.15, -0.1) is 23.1 Å². The van der Waals surface area contributed by atoms with Crippen molar-refractivity contribution in [2.45, 2.75) is 16.6 Å². The van der Waals surface area contributed by atoms with Crippen molar-refractivity contribution < 1.29 is 34.0 Å². The molecule has 1 saturated heterocycles. The van der Waals surface area contributed by atoms with Gasteiger partial charge in [0.15, 0.2) is 16.0 Å². The van der Waals surface area contributed by atoms with Gasteiger partial charge in [0.1, 0.15) is 36.5 Å². The number of nitro benzene ring substituents is 1. The molecule has 0 unspecified atom stereocenters. The van der Waals surface area contributed by atoms with E-state index in [1.165, 1.54) is 54.2 Å². The number of carboxylic acids is 1. The fourth-order valence-corrected chi connectivity index (χ4v) is 8.87. The molecule has 0 radical (unpaired) electrons. The third kappa shape index (κ3) is 8.63. The first kappa shape index (κ1) is 41.3. The highest BCUT2D eigenvalue weighted by atomic mass is 35.5. The molecule has 3 aliphatic rings. The number of fused-ring (bicyclic) bond motifs is 2. The molecule has 25 heteroatoms. The van der Waals surface area contributed by atoms with E-state index in [1.54, 1.807) is 24.3 Å². The van der Waals surface area contributed by atoms with Crippen molar-refractivity contribution in [1.82, 2.24) is 30.0 Å². The highest BCUT2D eigenvalue weighted by Crippen LogP contribution is 2.41. The lowest BCUT2D eigenvalue weighted by Crippen LogP contribution is -2.71. The van der Waals surface area contributed by atoms with Crippen LogP contribution in [0.15, 0.2) is 84.0 Å². The fraction of sp³-hybridized carbons (Fsp3) is 0.212. The van der Waals surface area contributed by atoms with Gasteiger partial charge in [0, 0.05) is 52.2 Å². The lowest BCUT2D eigenvalue weighted by atomic mass is 10.00. The van der Waals surface area contributed by atoms with Crippen LogP contribution in [0.4, 0.5) is 16.5 Å². The van der Waals surface area contributed by atoms with Crippen molar-refractivity contribution in [3.8, 4) is 0 Å². The summed E-state index contributed by atoms with van der Waals surface area (Å²) in [4.78, 5) is 101. The van der Waals surface area contributed by atoms with Crippen molar-refractivity contribution in [3.63, 3.8) is 0 Å². The number of aliphatic imine (C=N–C) groups is 1. The SMILES string of the molecule is CO/N=C(\C(=O)N[C@@H]1C(=O)N2C(C(=O)O)=C(CSc3nc(=O)c(=O)[nH]n3C)CS[C@H]12)c1csc(N)n1.O=C1CN=C(c2ccccc2Cl)c2cc([N+](=O)[O-])ccc2N1. The van der Waals surface area contributed by atoms with Crippen LogP contribution in [0.2, 0.25) is 5.02 Å². The Balaban J connectivity index is 0.000000220. The number of anilines is 2. The number of aromatic nitrogens is 4. The lowest BCUT2D eigenvalue weighted by Gasteiger charge is -2.49. The molecule has 7 rings (SSSR count). The standard InChI is InChI=1S/C18H18N8O7S3.C15H10ClN3O3/c1-25-18(22-12(28)13(29)23-25)36-4-6-3-34-15-9(14(30)26(15)10(6)16(31)32)21-11(27)8(24-33-2)7-5-35-17(19)20-7;16-12-4-2-1-3-10(12)15-11-7-9(19(21)22)5-6-13(11)18-14(20)8-17-15/h5,9,15H,3-4H2,1-2H3,(H2,19,20)(H,21,27)(H,23,29)(H,31,32);1-7H,8H2,(H,18,20)/b24-8-;/t9-,15-;/m1./s1. The summed E-state index contributed by atoms with van der Waals surface area (Å²) in [6.07, 6.45) is 0. The highest BCUT2D eigenvalue weighted by Gasteiger charge is 2.54. The number of hydrogen-bond donors (Lipinski definition) is 5. The molecular formula is C33H28ClN11O10S3. The Labute approximate surface area is 342 Å². The summed E-state index contributed by atoms with van der Waals surface area (Å²) in [6, 6.07) is 10.3. The van der Waals surface area contributed by atoms with E-state index in [1.807, 2.05) is 0 Å². The number of oxime groups is 1. The average Bonchev–Trinajstić information content (AvgIpc) is 3.55. The third-order valence-corrected chi connectivity index (χ3v) is 11.7. The first-order valence-corrected chi connectivity index (χ1v) is 19.7. The van der Waals surface area contributed by atoms with Crippen molar-refractivity contribution in [2.24, 2.45) is 17.2 Å². The van der Waals surface area contributed by atoms with Crippen molar-refractivity contribution in [1.29, 1.82) is 0 Å². The van der Waals surface area contributed by atoms with Gasteiger partial charge in [0.05, 0.1) is 16.3 Å². The summed E-state index contributed by atoms with van der Waals surface area (Å²) in [5.41, 5.74) is 5.97. The number of aliphatic carboxylic acids is 1. The van der Waals surface area contributed by atoms with Crippen LogP contribution in [0.5, 0.6) is 0 Å². The van der Waals surface area contributed by atoms with E-state index in [4.69, 9.17) is 22.2 Å². The number of thioether (sulfide) groups is 2. The van der Waals surface area contributed by atoms with E-state index in [0.717, 1.165) is 28.0 Å². The number of carbonyl (C=O) groups is 4. The van der Waals surface area contributed by atoms with Gasteiger partial charge < -0.3 is 26.3 Å². The Kier molecular flexibility index (Phi) is 12.4. The van der Waals surface area contributed by atoms with Gasteiger partial charge in [-0.3, -0.25) is 53.8 Å². The van der Waals surface area contributed by atoms with E-state index in [-0.39, 0.29) is 57.0 Å². The van der Waals surface area contributed by atoms with Gasteiger partial charge in [0.2, 0.25) is 5.91 Å². The normalized spacial score (nSPS) is 17.3. The zero-order chi connectivity index (χ0) is 41.8. The van der Waals surface area contributed by atoms with E-state index in [0.29, 0.717) is 33.1 Å². The number of nitrogens with zero attached hydrogens (tertiary/aromatic N) is 7. The second-order valence-electron chi connectivity index (χ2n) is 12.0. The van der Waals surface area contributed by atoms with Crippen LogP contribution < -0.4 is 27.5 Å². The number of aromatic amines is 1. The number of carbonyl (C=O) groups excluding carboxylic acids is 3. The van der Waals surface area contributed by atoms with Gasteiger partial charge in [0.25, 0.3) is 17.5 Å². The molecule has 4 aromatic rings. The lowest BCUT2D eigenvalue weighted by molar-refractivity contribution is -0.384. The summed E-state index contributed by atoms with van der Waals surface area (Å²) < 4.78 is 1.25. The van der Waals surface area contributed by atoms with Crippen LogP contribution in [0.1, 0.15) is 16.8 Å². The number of rotatable bonds is 10. The first-order chi connectivity index (χ1) is 27.7. The molecule has 58 heavy (non-hydrogen) atoms. The molecule has 300 valence electrons. The maximum Gasteiger partial charge on any atom is 0.352 e. The van der Waals surface area contributed by atoms with Gasteiger partial charge in [-0.2, -0.15) is 4.98 Å². The smallest absolute Gasteiger partial charge is 0.352 e. The first-order valence-electron chi connectivity index (χ1n) is 16.4. The van der Waals surface area contributed by atoms with Crippen LogP contribution in [0.25, 0.3) is 0 Å². The number of benzene rings is 2. The summed E-state index contributed by atoms with van der Waals surface area (Å²) >= 11 is 9.61. The van der Waals surface area contributed by atoms with Crippen LogP contribution in [-0.4, -0.2) is 106 Å². The predicted octanol–water partition coefficient (Wildman–Crippen LogP) is 1.43. The number of nitrogens with one attached hydrogen (secondary N) is 3. The summed E-state index contributed by atoms with van der Waals surface area (Å²) in [6.45, 7) is -0.0664. The molecule has 6 N–H and O–H groups in total. The van der Waals surface area contributed by atoms with E-state index >= 15 is 0 Å². The topological polar surface area (TPSA) is 300 Å². The number of carboxylic acid groups (broad SMARTS) is 1. The van der Waals surface area contributed by atoms with Gasteiger partial charge in [-0.25, -0.2) is 9.78 Å². The number of hydrogen-bond acceptors (Lipinski definition) is 17. The highest BCUT2D eigenvalue weighted by molar-refractivity contribution is 8.01. The molecule has 2 atom stereocenters. The minimum Gasteiger partial charge on any atom is -0.477 e. The van der Waals surface area contributed by atoms with Gasteiger partial charge >= 0.3 is 17.1 Å². The summed E-state index contributed by atoms with van der Waals surface area (Å²) in [5, 5.41) is 33.8. The number of non-ortho nitro benzene ring substituents is 1. The van der Waals surface area contributed by atoms with Crippen molar-refractivity contribution >= 4 is 98.1 Å². The number of benzodiazepines with no additional fused rings is 1. The minimum atomic E-state index is -1.31. The number of H-pyrrole nitrogens is 1. The Bertz CT molecular complexity index is 2590. The van der Waals surface area contributed by atoms with Gasteiger partial charge in [-0.05, 0) is 17.7 Å². The van der Waals surface area contributed by atoms with Crippen LogP contribution in [-0.2, 0) is 31.1 Å². The zero-order valence-corrected chi connectivity index (χ0v) is 33.0. The molecule has 1 fully saturated rings. The summed E-state index contributed by atoms with van der Waals surface area (Å²) in [5.74, 6) is -2.58. The van der Waals surface area contributed by atoms with E-state index in [2.05, 4.69) is 35.8 Å². The molecule has 0 saturated carbocycles. The molecule has 0 aliphatic carbocycles. The fourth-order valence-electron chi connectivity index (χ4n) is 5.70. The third-order valence-electron chi connectivity index (χ3n) is 8.27. The molecule has 3 amide bonds. The van der Waals surface area contributed by atoms with Gasteiger partial charge in [-0.1, -0.05) is 46.7 Å². The number of aryl methyl sites for hydroxylation is 1. The predicted molar refractivity (Wildman–Crippen MR) is 214 cm³/mol. The van der Waals surface area contributed by atoms with Crippen LogP contribution in [0.3, 0.4) is 0 Å². The number of amides is 3. The second kappa shape index (κ2) is 17.4. The molecular weight excluding hydrogens is 842 g/mol. The molecule has 5 heterocycles. The largest absolute Gasteiger partial charge is 0.477 e. The Morgan fingerprint density at radius 1 is 1.19 bits per heavy atom. The number of thiazole rings is 1. The van der Waals surface area contributed by atoms with Crippen LogP contribution >= 0.6 is 46.5 Å². The van der Waals surface area contributed by atoms with Crippen molar-refractivity contribution in [2.75, 3.05) is 36.2 Å². The Morgan fingerprint density at radius 2 is 1.95 bits per heavy atom. The molecule has 21 nitrogen and oxygen atoms in total. The molecule has 3 aliphatic heterocycles. The monoisotopic (exact) mass is 869 g/mol. The average molecular weight is 870 g/mol. The van der Waals surface area contributed by atoms with Crippen LogP contribution in [0, 0.1) is 10.1 Å². The summed E-state index contributed by atoms with van der Waals surface area (Å²) in [7, 11) is 2.74. The maximum atomic E-state index is 12.9. The molecule has 0 bridgehead atoms. The number of nitro groups is 1. The second-order valence-corrected chi connectivity index (χ2v) is 15.3. The number of halogens is 1. The molecule has 2 aromatic carbocycles. The maximum absolute atomic E-state index is 12.9. The number of nitrogens with two attached hydrogens (primary N) is 1. The van der Waals surface area contributed by atoms with E-state index < -0.39 is 45.2 Å². The number of β-lactam (4-membered cyclic amide) rings is 1.